The van der Waals surface area contributed by atoms with Crippen LogP contribution in [0.3, 0.4) is 0 Å². The molecule has 0 aliphatic rings. The second-order valence-electron chi connectivity index (χ2n) is 0.927. The molecule has 0 amide bonds. The number of carboxylic acid groups (broad SMARTS) is 1. The summed E-state index contributed by atoms with van der Waals surface area (Å²) in [5.74, 6) is -0.833. The van der Waals surface area contributed by atoms with Crippen LogP contribution in [0, 0.1) is 0 Å². The van der Waals surface area contributed by atoms with E-state index in [2.05, 4.69) is 0 Å². The second kappa shape index (κ2) is 7.19. The van der Waals surface area contributed by atoms with Gasteiger partial charge in [0.2, 0.25) is 0 Å². The van der Waals surface area contributed by atoms with E-state index >= 15 is 0 Å². The Morgan fingerprint density at radius 1 is 1.40 bits per heavy atom. The standard InChI is InChI=1S/C2H4O2.Ag.H2O4S/c1-2(3)4;;1-5(2,3)4/h1H3,(H,3,4);;(H2,1,2,3,4)/p-2. The number of hydrogen-bond donors (Lipinski definition) is 1. The van der Waals surface area contributed by atoms with Gasteiger partial charge in [-0.3, -0.25) is 13.2 Å². The van der Waals surface area contributed by atoms with E-state index in [9.17, 15) is 0 Å². The van der Waals surface area contributed by atoms with Crippen molar-refractivity contribution in [1.82, 2.24) is 0 Å². The number of carboxylic acids is 1. The van der Waals surface area contributed by atoms with Gasteiger partial charge in [0.25, 0.3) is 5.97 Å². The molecule has 0 fully saturated rings. The van der Waals surface area contributed by atoms with Crippen molar-refractivity contribution in [3.05, 3.63) is 0 Å². The van der Waals surface area contributed by atoms with Crippen LogP contribution in [0.5, 0.6) is 0 Å². The van der Waals surface area contributed by atoms with Gasteiger partial charge in [0.1, 0.15) is 0 Å². The minimum Gasteiger partial charge on any atom is -0.759 e. The third-order valence-electron chi connectivity index (χ3n) is 0. The molecule has 1 N–H and O–H groups in total. The monoisotopic (exact) mass is 263 g/mol. The van der Waals surface area contributed by atoms with Crippen molar-refractivity contribution in [3.63, 3.8) is 0 Å². The molecule has 0 aliphatic carbocycles. The van der Waals surface area contributed by atoms with Crippen molar-refractivity contribution in [2.24, 2.45) is 0 Å². The van der Waals surface area contributed by atoms with Crippen LogP contribution in [0.25, 0.3) is 0 Å². The Balaban J connectivity index is -0.0000000910. The van der Waals surface area contributed by atoms with Gasteiger partial charge < -0.3 is 14.2 Å². The number of carbonyl (C=O) groups is 1. The molecule has 0 saturated heterocycles. The average Bonchev–Trinajstić information content (AvgIpc) is 1.19. The van der Waals surface area contributed by atoms with Gasteiger partial charge in [-0.1, -0.05) is 0 Å². The number of rotatable bonds is 0. The van der Waals surface area contributed by atoms with E-state index in [-0.39, 0.29) is 22.4 Å². The smallest absolute Gasteiger partial charge is 0.300 e. The summed E-state index contributed by atoms with van der Waals surface area (Å²) in [4.78, 5) is 9.00. The molecule has 0 atom stereocenters. The van der Waals surface area contributed by atoms with Crippen LogP contribution in [0.1, 0.15) is 6.92 Å². The van der Waals surface area contributed by atoms with Gasteiger partial charge in [0.05, 0.1) is 0 Å². The van der Waals surface area contributed by atoms with Gasteiger partial charge in [-0.15, -0.1) is 0 Å². The van der Waals surface area contributed by atoms with E-state index < -0.39 is 16.4 Å². The van der Waals surface area contributed by atoms with Crippen molar-refractivity contribution in [2.75, 3.05) is 0 Å². The molecule has 0 unspecified atom stereocenters. The minimum atomic E-state index is -5.17. The fraction of sp³-hybridized carbons (Fsp3) is 0.500. The maximum Gasteiger partial charge on any atom is 0.300 e. The van der Waals surface area contributed by atoms with Crippen molar-refractivity contribution < 1.29 is 49.8 Å². The van der Waals surface area contributed by atoms with Crippen LogP contribution in [-0.4, -0.2) is 28.6 Å². The first kappa shape index (κ1) is 16.6. The van der Waals surface area contributed by atoms with E-state index in [4.69, 9.17) is 27.4 Å². The molecule has 0 saturated carbocycles. The fourth-order valence-corrected chi connectivity index (χ4v) is 0. The van der Waals surface area contributed by atoms with Crippen LogP contribution in [0.15, 0.2) is 0 Å². The van der Waals surface area contributed by atoms with Crippen LogP contribution in [0.4, 0.5) is 0 Å². The SMILES string of the molecule is CC(=O)O.O=S(=O)([O-])[O-].[Ag]. The zero-order valence-corrected chi connectivity index (χ0v) is 7.00. The second-order valence-corrected chi connectivity index (χ2v) is 1.74. The average molecular weight is 264 g/mol. The van der Waals surface area contributed by atoms with Crippen molar-refractivity contribution in [2.45, 2.75) is 6.92 Å². The van der Waals surface area contributed by atoms with Crippen LogP contribution in [0.2, 0.25) is 0 Å². The molecule has 67 valence electrons. The minimum absolute atomic E-state index is 0. The maximum atomic E-state index is 9.00. The predicted molar refractivity (Wildman–Crippen MR) is 23.8 cm³/mol. The van der Waals surface area contributed by atoms with Gasteiger partial charge in [-0.2, -0.15) is 0 Å². The summed E-state index contributed by atoms with van der Waals surface area (Å²) in [6, 6.07) is 0. The molecule has 0 aliphatic heterocycles. The van der Waals surface area contributed by atoms with Gasteiger partial charge in [0, 0.05) is 39.7 Å². The molecule has 0 aromatic heterocycles. The number of hydrogen-bond acceptors (Lipinski definition) is 5. The molecule has 0 aromatic carbocycles. The molecular formula is C2H4AgO6S-2. The zero-order chi connectivity index (χ0) is 8.08. The number of aliphatic carboxylic acids is 1. The fourth-order valence-electron chi connectivity index (χ4n) is 0. The quantitative estimate of drug-likeness (QED) is 0.332. The molecular weight excluding hydrogens is 260 g/mol. The molecule has 1 radical (unpaired) electrons. The first-order valence-electron chi connectivity index (χ1n) is 1.59. The first-order chi connectivity index (χ1) is 3.73. The largest absolute Gasteiger partial charge is 0.759 e. The topological polar surface area (TPSA) is 118 Å². The van der Waals surface area contributed by atoms with E-state index in [0.717, 1.165) is 6.92 Å². The summed E-state index contributed by atoms with van der Waals surface area (Å²) in [6.45, 7) is 1.08. The molecule has 0 aromatic rings. The summed E-state index contributed by atoms with van der Waals surface area (Å²) in [7, 11) is -5.17. The molecule has 0 bridgehead atoms. The normalized spacial score (nSPS) is 8.30. The Morgan fingerprint density at radius 3 is 1.40 bits per heavy atom. The summed E-state index contributed by atoms with van der Waals surface area (Å²) in [5.41, 5.74) is 0. The Bertz CT molecular complexity index is 158. The van der Waals surface area contributed by atoms with Crippen LogP contribution >= 0.6 is 0 Å². The summed E-state index contributed by atoms with van der Waals surface area (Å²) >= 11 is 0. The zero-order valence-electron chi connectivity index (χ0n) is 4.70. The van der Waals surface area contributed by atoms with E-state index in [1.165, 1.54) is 0 Å². The molecule has 6 nitrogen and oxygen atoms in total. The van der Waals surface area contributed by atoms with Crippen LogP contribution in [-0.2, 0) is 37.6 Å². The van der Waals surface area contributed by atoms with Crippen molar-refractivity contribution >= 4 is 16.4 Å². The third kappa shape index (κ3) is 62900. The third-order valence-corrected chi connectivity index (χ3v) is 0. The van der Waals surface area contributed by atoms with Gasteiger partial charge in [-0.05, 0) is 0 Å². The summed E-state index contributed by atoms with van der Waals surface area (Å²) in [6.07, 6.45) is 0. The Morgan fingerprint density at radius 2 is 1.40 bits per heavy atom. The first-order valence-corrected chi connectivity index (χ1v) is 2.93. The predicted octanol–water partition coefficient (Wildman–Crippen LogP) is -1.25. The van der Waals surface area contributed by atoms with Crippen LogP contribution < -0.4 is 0 Å². The summed E-state index contributed by atoms with van der Waals surface area (Å²) < 4.78 is 34.1. The van der Waals surface area contributed by atoms with Crippen molar-refractivity contribution in [1.29, 1.82) is 0 Å². The van der Waals surface area contributed by atoms with E-state index in [0.29, 0.717) is 0 Å². The van der Waals surface area contributed by atoms with E-state index in [1.807, 2.05) is 0 Å². The Hall–Kier alpha value is 0.0803. The van der Waals surface area contributed by atoms with Gasteiger partial charge in [0.15, 0.2) is 0 Å². The molecule has 0 spiro atoms. The maximum absolute atomic E-state index is 9.00. The van der Waals surface area contributed by atoms with Gasteiger partial charge in [-0.25, -0.2) is 0 Å². The molecule has 10 heavy (non-hydrogen) atoms. The van der Waals surface area contributed by atoms with Gasteiger partial charge >= 0.3 is 0 Å². The molecule has 0 heterocycles. The Labute approximate surface area is 73.3 Å². The molecule has 0 rings (SSSR count). The van der Waals surface area contributed by atoms with Crippen molar-refractivity contribution in [3.8, 4) is 0 Å². The Kier molecular flexibility index (Phi) is 11.9. The van der Waals surface area contributed by atoms with E-state index in [1.54, 1.807) is 0 Å². The molecule has 8 heteroatoms. The summed E-state index contributed by atoms with van der Waals surface area (Å²) in [5, 5.41) is 7.42.